The molecule has 34 heavy (non-hydrogen) atoms. The van der Waals surface area contributed by atoms with E-state index in [0.717, 1.165) is 60.5 Å². The lowest BCUT2D eigenvalue weighted by molar-refractivity contribution is 0.0667. The third kappa shape index (κ3) is 3.56. The Hall–Kier alpha value is -3.27. The van der Waals surface area contributed by atoms with E-state index in [1.807, 2.05) is 16.8 Å². The van der Waals surface area contributed by atoms with Crippen LogP contribution in [-0.4, -0.2) is 67.3 Å². The molecule has 6 rings (SSSR count). The second kappa shape index (κ2) is 8.50. The Morgan fingerprint density at radius 2 is 1.94 bits per heavy atom. The number of nitrogens with zero attached hydrogens (tertiary/aromatic N) is 6. The zero-order chi connectivity index (χ0) is 23.2. The van der Waals surface area contributed by atoms with Crippen LogP contribution in [-0.2, 0) is 4.74 Å². The van der Waals surface area contributed by atoms with Gasteiger partial charge < -0.3 is 15.6 Å². The van der Waals surface area contributed by atoms with Gasteiger partial charge in [0.25, 0.3) is 0 Å². The number of benzene rings is 1. The van der Waals surface area contributed by atoms with E-state index < -0.39 is 0 Å². The van der Waals surface area contributed by atoms with Gasteiger partial charge in [-0.15, -0.1) is 0 Å². The van der Waals surface area contributed by atoms with E-state index in [0.29, 0.717) is 12.4 Å². The first kappa shape index (κ1) is 21.3. The number of aliphatic hydroxyl groups is 1. The fourth-order valence-corrected chi connectivity index (χ4v) is 5.48. The summed E-state index contributed by atoms with van der Waals surface area (Å²) >= 11 is 0. The molecule has 5 heterocycles. The summed E-state index contributed by atoms with van der Waals surface area (Å²) in [6, 6.07) is 13.1. The Kier molecular flexibility index (Phi) is 5.32. The lowest BCUT2D eigenvalue weighted by Crippen LogP contribution is -2.21. The van der Waals surface area contributed by atoms with Gasteiger partial charge in [-0.1, -0.05) is 18.2 Å². The summed E-state index contributed by atoms with van der Waals surface area (Å²) in [5.41, 5.74) is 12.3. The van der Waals surface area contributed by atoms with Crippen LogP contribution in [0.5, 0.6) is 0 Å². The minimum Gasteiger partial charge on any atom is -0.392 e. The molecule has 1 aromatic carbocycles. The number of anilines is 1. The summed E-state index contributed by atoms with van der Waals surface area (Å²) in [4.78, 5) is 6.49. The molecule has 0 amide bonds. The van der Waals surface area contributed by atoms with Crippen molar-refractivity contribution in [3.63, 3.8) is 0 Å². The Bertz CT molecular complexity index is 1320. The molecule has 176 valence electrons. The fraction of sp³-hybridized carbons (Fsp3) is 0.400. The normalized spacial score (nSPS) is 22.1. The van der Waals surface area contributed by atoms with E-state index in [4.69, 9.17) is 10.5 Å². The van der Waals surface area contributed by atoms with Crippen molar-refractivity contribution in [3.8, 4) is 22.5 Å². The van der Waals surface area contributed by atoms with Gasteiger partial charge in [-0.3, -0.25) is 9.58 Å². The molecule has 2 aliphatic heterocycles. The molecule has 0 unspecified atom stereocenters. The molecule has 9 heteroatoms. The van der Waals surface area contributed by atoms with Crippen LogP contribution in [0.25, 0.3) is 28.0 Å². The van der Waals surface area contributed by atoms with Gasteiger partial charge in [0, 0.05) is 43.1 Å². The molecule has 0 radical (unpaired) electrons. The van der Waals surface area contributed by atoms with Gasteiger partial charge in [0.15, 0.2) is 5.82 Å². The maximum absolute atomic E-state index is 10.1. The molecule has 0 bridgehead atoms. The quantitative estimate of drug-likeness (QED) is 0.483. The smallest absolute Gasteiger partial charge is 0.152 e. The largest absolute Gasteiger partial charge is 0.392 e. The van der Waals surface area contributed by atoms with Crippen molar-refractivity contribution in [2.24, 2.45) is 0 Å². The van der Waals surface area contributed by atoms with Crippen LogP contribution in [0.3, 0.4) is 0 Å². The van der Waals surface area contributed by atoms with Crippen molar-refractivity contribution in [2.75, 3.05) is 32.5 Å². The molecule has 3 aromatic heterocycles. The van der Waals surface area contributed by atoms with Crippen LogP contribution in [0, 0.1) is 0 Å². The third-order valence-electron chi connectivity index (χ3n) is 7.16. The number of nitrogens with two attached hydrogens (primary N) is 1. The Morgan fingerprint density at radius 3 is 2.74 bits per heavy atom. The van der Waals surface area contributed by atoms with Crippen molar-refractivity contribution < 1.29 is 9.84 Å². The third-order valence-corrected chi connectivity index (χ3v) is 7.16. The van der Waals surface area contributed by atoms with E-state index >= 15 is 0 Å². The molecule has 4 aromatic rings. The number of rotatable bonds is 4. The van der Waals surface area contributed by atoms with E-state index in [1.165, 1.54) is 11.9 Å². The Labute approximate surface area is 197 Å². The number of likely N-dealkylation sites (tertiary alicyclic amines) is 1. The van der Waals surface area contributed by atoms with Crippen LogP contribution >= 0.6 is 0 Å². The zero-order valence-electron chi connectivity index (χ0n) is 19.2. The number of ether oxygens (including phenoxy) is 1. The molecule has 0 spiro atoms. The van der Waals surface area contributed by atoms with Crippen LogP contribution in [0.15, 0.2) is 48.9 Å². The fourth-order valence-electron chi connectivity index (χ4n) is 5.48. The summed E-state index contributed by atoms with van der Waals surface area (Å²) in [6.07, 6.45) is 5.65. The SMILES string of the molecule is CN1C[C@H](O)C[C@@H]1c1cccc(-c2cc(-c3ccnn3C3CCOCC3)c3c(N)ncnn23)c1. The summed E-state index contributed by atoms with van der Waals surface area (Å²) < 4.78 is 9.53. The zero-order valence-corrected chi connectivity index (χ0v) is 19.2. The van der Waals surface area contributed by atoms with Crippen molar-refractivity contribution in [1.29, 1.82) is 0 Å². The molecule has 9 nitrogen and oxygen atoms in total. The predicted molar refractivity (Wildman–Crippen MR) is 129 cm³/mol. The first-order valence-corrected chi connectivity index (χ1v) is 11.8. The van der Waals surface area contributed by atoms with Gasteiger partial charge in [-0.05, 0) is 50.1 Å². The van der Waals surface area contributed by atoms with E-state index in [-0.39, 0.29) is 18.2 Å². The average molecular weight is 460 g/mol. The molecule has 2 atom stereocenters. The number of β-amino-alcohol motifs (C(OH)–C–C–N with tert-alkyl or cyclic N) is 1. The maximum Gasteiger partial charge on any atom is 0.152 e. The summed E-state index contributed by atoms with van der Waals surface area (Å²) in [7, 11) is 2.06. The molecule has 3 N–H and O–H groups in total. The highest BCUT2D eigenvalue weighted by atomic mass is 16.5. The molecule has 2 saturated heterocycles. The number of aliphatic hydroxyl groups excluding tert-OH is 1. The second-order valence-electron chi connectivity index (χ2n) is 9.32. The first-order valence-electron chi connectivity index (χ1n) is 11.8. The number of hydrogen-bond acceptors (Lipinski definition) is 7. The van der Waals surface area contributed by atoms with Crippen molar-refractivity contribution in [1.82, 2.24) is 29.3 Å². The minimum atomic E-state index is -0.294. The highest BCUT2D eigenvalue weighted by molar-refractivity contribution is 5.90. The first-order chi connectivity index (χ1) is 16.6. The van der Waals surface area contributed by atoms with Gasteiger partial charge in [-0.2, -0.15) is 10.2 Å². The molecular formula is C25H29N7O2. The van der Waals surface area contributed by atoms with Crippen LogP contribution in [0.1, 0.15) is 36.9 Å². The topological polar surface area (TPSA) is 107 Å². The Balaban J connectivity index is 1.48. The second-order valence-corrected chi connectivity index (χ2v) is 9.32. The van der Waals surface area contributed by atoms with E-state index in [9.17, 15) is 5.11 Å². The maximum atomic E-state index is 10.1. The highest BCUT2D eigenvalue weighted by Crippen LogP contribution is 2.38. The molecule has 2 fully saturated rings. The van der Waals surface area contributed by atoms with Gasteiger partial charge in [-0.25, -0.2) is 9.50 Å². The molecule has 0 aliphatic carbocycles. The van der Waals surface area contributed by atoms with Crippen molar-refractivity contribution in [3.05, 3.63) is 54.5 Å². The van der Waals surface area contributed by atoms with Crippen molar-refractivity contribution in [2.45, 2.75) is 37.5 Å². The molecular weight excluding hydrogens is 430 g/mol. The van der Waals surface area contributed by atoms with Crippen LogP contribution < -0.4 is 5.73 Å². The number of nitrogen functional groups attached to an aromatic ring is 1. The van der Waals surface area contributed by atoms with Gasteiger partial charge in [0.05, 0.1) is 23.5 Å². The predicted octanol–water partition coefficient (Wildman–Crippen LogP) is 2.93. The number of likely N-dealkylation sites (N-methyl/N-ethyl adjacent to an activating group) is 1. The van der Waals surface area contributed by atoms with Crippen LogP contribution in [0.2, 0.25) is 0 Å². The van der Waals surface area contributed by atoms with Crippen molar-refractivity contribution >= 4 is 11.3 Å². The molecule has 2 aliphatic rings. The number of aromatic nitrogens is 5. The van der Waals surface area contributed by atoms with Gasteiger partial charge in [0.2, 0.25) is 0 Å². The lowest BCUT2D eigenvalue weighted by atomic mass is 10.00. The number of fused-ring (bicyclic) bond motifs is 1. The Morgan fingerprint density at radius 1 is 1.09 bits per heavy atom. The summed E-state index contributed by atoms with van der Waals surface area (Å²) in [5.74, 6) is 0.436. The standard InChI is InChI=1S/C25H29N7O2/c1-30-14-19(33)12-22(30)16-3-2-4-17(11-16)23-13-20(24-25(26)27-15-29-32(23)24)21-5-8-28-31(21)18-6-9-34-10-7-18/h2-5,8,11,13,15,18-19,22,33H,6-7,9-10,12,14H2,1H3,(H2,26,27,29)/t19-,22-/m1/s1. The van der Waals surface area contributed by atoms with E-state index in [2.05, 4.69) is 62.1 Å². The number of hydrogen-bond donors (Lipinski definition) is 2. The summed E-state index contributed by atoms with van der Waals surface area (Å²) in [6.45, 7) is 2.18. The minimum absolute atomic E-state index is 0.190. The monoisotopic (exact) mass is 459 g/mol. The van der Waals surface area contributed by atoms with Gasteiger partial charge >= 0.3 is 0 Å². The van der Waals surface area contributed by atoms with E-state index in [1.54, 1.807) is 0 Å². The average Bonchev–Trinajstić information content (AvgIpc) is 3.56. The summed E-state index contributed by atoms with van der Waals surface area (Å²) in [5, 5.41) is 19.4. The highest BCUT2D eigenvalue weighted by Gasteiger charge is 2.30. The molecule has 0 saturated carbocycles. The van der Waals surface area contributed by atoms with Gasteiger partial charge in [0.1, 0.15) is 11.8 Å². The lowest BCUT2D eigenvalue weighted by Gasteiger charge is -2.24. The van der Waals surface area contributed by atoms with Crippen LogP contribution in [0.4, 0.5) is 5.82 Å².